The van der Waals surface area contributed by atoms with E-state index in [4.69, 9.17) is 26.2 Å². The number of ether oxygens (including phenoxy) is 2. The number of carbonyl (C=O) groups is 1. The summed E-state index contributed by atoms with van der Waals surface area (Å²) in [5.74, 6) is 1.20. The summed E-state index contributed by atoms with van der Waals surface area (Å²) >= 11 is 6.11. The average Bonchev–Trinajstić information content (AvgIpc) is 3.43. The number of carbonyl (C=O) groups excluding carboxylic acids is 1. The molecule has 0 radical (unpaired) electrons. The standard InChI is InChI=1S/C31H27ClN4O3/c1-38-27-15-7-23(8-16-27)30-19-29(22-5-11-25(32)12-6-22)35-36(30)26-13-3-21(4-14-26)20-33-34-31(37)24-9-17-28(39-2)18-10-24/h3-18,20,30H,19H2,1-2H3,(H,34,37)/b33-20-/t30-/m1/s1. The molecule has 0 fully saturated rings. The van der Waals surface area contributed by atoms with Gasteiger partial charge in [0.05, 0.1) is 37.9 Å². The fraction of sp³-hybridized carbons (Fsp3) is 0.129. The van der Waals surface area contributed by atoms with Gasteiger partial charge in [-0.3, -0.25) is 9.80 Å². The minimum Gasteiger partial charge on any atom is -0.497 e. The number of rotatable bonds is 8. The van der Waals surface area contributed by atoms with E-state index in [1.54, 1.807) is 44.7 Å². The normalized spacial score (nSPS) is 14.8. The molecule has 0 aromatic heterocycles. The summed E-state index contributed by atoms with van der Waals surface area (Å²) in [6.45, 7) is 0. The van der Waals surface area contributed by atoms with E-state index in [1.165, 1.54) is 0 Å². The smallest absolute Gasteiger partial charge is 0.271 e. The third-order valence-electron chi connectivity index (χ3n) is 6.48. The Labute approximate surface area is 232 Å². The highest BCUT2D eigenvalue weighted by Crippen LogP contribution is 2.37. The van der Waals surface area contributed by atoms with E-state index in [9.17, 15) is 4.79 Å². The molecular formula is C31H27ClN4O3. The van der Waals surface area contributed by atoms with Crippen LogP contribution in [0.4, 0.5) is 5.69 Å². The number of benzene rings is 4. The van der Waals surface area contributed by atoms with E-state index in [-0.39, 0.29) is 11.9 Å². The largest absolute Gasteiger partial charge is 0.497 e. The van der Waals surface area contributed by atoms with Gasteiger partial charge in [-0.2, -0.15) is 10.2 Å². The summed E-state index contributed by atoms with van der Waals surface area (Å²) in [5, 5.41) is 11.8. The van der Waals surface area contributed by atoms with Crippen LogP contribution >= 0.6 is 11.6 Å². The van der Waals surface area contributed by atoms with Gasteiger partial charge in [0.25, 0.3) is 5.91 Å². The van der Waals surface area contributed by atoms with E-state index in [2.05, 4.69) is 22.7 Å². The molecule has 1 N–H and O–H groups in total. The topological polar surface area (TPSA) is 75.5 Å². The third-order valence-corrected chi connectivity index (χ3v) is 6.73. The molecule has 5 rings (SSSR count). The van der Waals surface area contributed by atoms with Gasteiger partial charge in [-0.15, -0.1) is 0 Å². The first-order valence-corrected chi connectivity index (χ1v) is 12.8. The number of hydrazone groups is 2. The maximum atomic E-state index is 12.3. The highest BCUT2D eigenvalue weighted by Gasteiger charge is 2.30. The van der Waals surface area contributed by atoms with Gasteiger partial charge in [-0.05, 0) is 77.4 Å². The summed E-state index contributed by atoms with van der Waals surface area (Å²) in [5.41, 5.74) is 8.00. The summed E-state index contributed by atoms with van der Waals surface area (Å²) in [6.07, 6.45) is 2.35. The van der Waals surface area contributed by atoms with Crippen molar-refractivity contribution in [2.75, 3.05) is 19.2 Å². The zero-order valence-electron chi connectivity index (χ0n) is 21.5. The van der Waals surface area contributed by atoms with Crippen LogP contribution < -0.4 is 19.9 Å². The van der Waals surface area contributed by atoms with Crippen molar-refractivity contribution in [1.29, 1.82) is 0 Å². The van der Waals surface area contributed by atoms with E-state index < -0.39 is 0 Å². The van der Waals surface area contributed by atoms with Crippen LogP contribution in [0.15, 0.2) is 107 Å². The summed E-state index contributed by atoms with van der Waals surface area (Å²) in [6, 6.07) is 30.6. The van der Waals surface area contributed by atoms with Crippen molar-refractivity contribution in [3.63, 3.8) is 0 Å². The molecule has 0 bridgehead atoms. The molecule has 7 nitrogen and oxygen atoms in total. The highest BCUT2D eigenvalue weighted by molar-refractivity contribution is 6.30. The van der Waals surface area contributed by atoms with Crippen LogP contribution in [0.5, 0.6) is 11.5 Å². The van der Waals surface area contributed by atoms with Gasteiger partial charge in [-0.25, -0.2) is 5.43 Å². The van der Waals surface area contributed by atoms with E-state index >= 15 is 0 Å². The lowest BCUT2D eigenvalue weighted by Crippen LogP contribution is -2.18. The molecule has 196 valence electrons. The van der Waals surface area contributed by atoms with Gasteiger partial charge in [0.15, 0.2) is 0 Å². The first-order valence-electron chi connectivity index (χ1n) is 12.4. The van der Waals surface area contributed by atoms with Crippen molar-refractivity contribution >= 4 is 35.1 Å². The van der Waals surface area contributed by atoms with E-state index in [0.29, 0.717) is 16.3 Å². The predicted molar refractivity (Wildman–Crippen MR) is 155 cm³/mol. The monoisotopic (exact) mass is 538 g/mol. The van der Waals surface area contributed by atoms with Gasteiger partial charge in [-0.1, -0.05) is 48.0 Å². The van der Waals surface area contributed by atoms with Crippen molar-refractivity contribution in [2.24, 2.45) is 10.2 Å². The molecule has 1 aliphatic rings. The van der Waals surface area contributed by atoms with Crippen LogP contribution in [0.1, 0.15) is 39.5 Å². The number of hydrogen-bond acceptors (Lipinski definition) is 6. The minimum atomic E-state index is -0.297. The Balaban J connectivity index is 1.33. The van der Waals surface area contributed by atoms with Crippen molar-refractivity contribution in [2.45, 2.75) is 12.5 Å². The SMILES string of the molecule is COc1ccc(C(=O)N/N=C\c2ccc(N3N=C(c4ccc(Cl)cc4)C[C@@H]3c3ccc(OC)cc3)cc2)cc1. The predicted octanol–water partition coefficient (Wildman–Crippen LogP) is 6.48. The Morgan fingerprint density at radius 2 is 1.51 bits per heavy atom. The molecule has 1 amide bonds. The summed E-state index contributed by atoms with van der Waals surface area (Å²) in [7, 11) is 3.24. The molecule has 1 aliphatic heterocycles. The van der Waals surface area contributed by atoms with Crippen LogP contribution in [-0.4, -0.2) is 32.1 Å². The lowest BCUT2D eigenvalue weighted by atomic mass is 9.98. The molecule has 4 aromatic rings. The molecule has 39 heavy (non-hydrogen) atoms. The Morgan fingerprint density at radius 1 is 0.897 bits per heavy atom. The number of anilines is 1. The zero-order chi connectivity index (χ0) is 27.2. The molecule has 0 saturated carbocycles. The maximum Gasteiger partial charge on any atom is 0.271 e. The number of methoxy groups -OCH3 is 2. The molecule has 0 spiro atoms. The second kappa shape index (κ2) is 11.8. The van der Waals surface area contributed by atoms with E-state index in [0.717, 1.165) is 40.3 Å². The fourth-order valence-electron chi connectivity index (χ4n) is 4.34. The van der Waals surface area contributed by atoms with Gasteiger partial charge in [0.2, 0.25) is 0 Å². The summed E-state index contributed by atoms with van der Waals surface area (Å²) in [4.78, 5) is 12.3. The van der Waals surface area contributed by atoms with Crippen molar-refractivity contribution in [1.82, 2.24) is 5.43 Å². The van der Waals surface area contributed by atoms with Gasteiger partial charge < -0.3 is 9.47 Å². The zero-order valence-corrected chi connectivity index (χ0v) is 22.3. The van der Waals surface area contributed by atoms with Crippen LogP contribution in [-0.2, 0) is 0 Å². The Kier molecular flexibility index (Phi) is 7.89. The summed E-state index contributed by atoms with van der Waals surface area (Å²) < 4.78 is 10.5. The van der Waals surface area contributed by atoms with Crippen molar-refractivity contribution < 1.29 is 14.3 Å². The molecule has 1 heterocycles. The second-order valence-electron chi connectivity index (χ2n) is 8.91. The van der Waals surface area contributed by atoms with Gasteiger partial charge >= 0.3 is 0 Å². The molecule has 0 saturated heterocycles. The average molecular weight is 539 g/mol. The van der Waals surface area contributed by atoms with Crippen LogP contribution in [0.25, 0.3) is 0 Å². The Hall–Kier alpha value is -4.62. The van der Waals surface area contributed by atoms with Crippen LogP contribution in [0.3, 0.4) is 0 Å². The Bertz CT molecular complexity index is 1480. The third kappa shape index (κ3) is 6.10. The molecule has 0 aliphatic carbocycles. The van der Waals surface area contributed by atoms with Gasteiger partial charge in [0, 0.05) is 17.0 Å². The quantitative estimate of drug-likeness (QED) is 0.206. The maximum absolute atomic E-state index is 12.3. The Morgan fingerprint density at radius 3 is 2.13 bits per heavy atom. The lowest BCUT2D eigenvalue weighted by Gasteiger charge is -2.24. The van der Waals surface area contributed by atoms with Crippen molar-refractivity contribution in [3.05, 3.63) is 124 Å². The highest BCUT2D eigenvalue weighted by atomic mass is 35.5. The number of halogens is 1. The molecule has 0 unspecified atom stereocenters. The minimum absolute atomic E-state index is 0.0184. The van der Waals surface area contributed by atoms with Gasteiger partial charge in [0.1, 0.15) is 11.5 Å². The van der Waals surface area contributed by atoms with Crippen LogP contribution in [0, 0.1) is 0 Å². The molecule has 1 atom stereocenters. The first kappa shape index (κ1) is 26.0. The number of nitrogens with zero attached hydrogens (tertiary/aromatic N) is 3. The van der Waals surface area contributed by atoms with E-state index in [1.807, 2.05) is 65.7 Å². The first-order chi connectivity index (χ1) is 19.0. The van der Waals surface area contributed by atoms with Crippen LogP contribution in [0.2, 0.25) is 5.02 Å². The number of hydrogen-bond donors (Lipinski definition) is 1. The number of nitrogens with one attached hydrogen (secondary N) is 1. The van der Waals surface area contributed by atoms with Crippen molar-refractivity contribution in [3.8, 4) is 11.5 Å². The molecule has 4 aromatic carbocycles. The second-order valence-corrected chi connectivity index (χ2v) is 9.35. The molecular weight excluding hydrogens is 512 g/mol. The fourth-order valence-corrected chi connectivity index (χ4v) is 4.46. The lowest BCUT2D eigenvalue weighted by molar-refractivity contribution is 0.0955. The molecule has 8 heteroatoms. The number of amides is 1.